The fourth-order valence-electron chi connectivity index (χ4n) is 6.87. The van der Waals surface area contributed by atoms with Gasteiger partial charge in [0.1, 0.15) is 29.8 Å². The van der Waals surface area contributed by atoms with Gasteiger partial charge in [0, 0.05) is 25.2 Å². The summed E-state index contributed by atoms with van der Waals surface area (Å²) in [6.45, 7) is 1.97. The molecule has 2 aromatic carbocycles. The van der Waals surface area contributed by atoms with E-state index in [1.165, 1.54) is 61.4 Å². The number of phosphoric ester groups is 2. The number of esters is 2. The van der Waals surface area contributed by atoms with E-state index in [2.05, 4.69) is 23.1 Å². The Morgan fingerprint density at radius 3 is 1.59 bits per heavy atom. The van der Waals surface area contributed by atoms with Crippen molar-refractivity contribution in [2.45, 2.75) is 154 Å². The van der Waals surface area contributed by atoms with Crippen molar-refractivity contribution in [3.8, 4) is 11.5 Å². The van der Waals surface area contributed by atoms with E-state index in [0.717, 1.165) is 76.6 Å². The third-order valence-corrected chi connectivity index (χ3v) is 15.2. The van der Waals surface area contributed by atoms with Crippen LogP contribution in [-0.4, -0.2) is 72.3 Å². The highest BCUT2D eigenvalue weighted by Gasteiger charge is 2.48. The molecule has 1 aromatic heterocycles. The first-order valence-corrected chi connectivity index (χ1v) is 27.4. The van der Waals surface area contributed by atoms with Crippen LogP contribution in [0.1, 0.15) is 144 Å². The molecule has 2 heterocycles. The smallest absolute Gasteiger partial charge is 0.427 e. The van der Waals surface area contributed by atoms with E-state index in [1.54, 1.807) is 0 Å². The Morgan fingerprint density at radius 1 is 0.667 bits per heavy atom. The minimum Gasteiger partial charge on any atom is -0.427 e. The van der Waals surface area contributed by atoms with E-state index in [-0.39, 0.29) is 35.5 Å². The molecule has 0 saturated carbocycles. The summed E-state index contributed by atoms with van der Waals surface area (Å²) < 4.78 is 81.8. The molecule has 3 aromatic rings. The van der Waals surface area contributed by atoms with Gasteiger partial charge >= 0.3 is 35.4 Å². The topological polar surface area (TPSA) is 318 Å². The van der Waals surface area contributed by atoms with Crippen molar-refractivity contribution in [3.05, 3.63) is 88.1 Å². The zero-order chi connectivity index (χ0) is 50.5. The number of carbonyl (C=O) groups is 3. The molecule has 25 heteroatoms. The number of aliphatic hydroxyl groups is 2. The normalized spacial score (nSPS) is 18.9. The molecule has 2 unspecified atom stereocenters. The highest BCUT2D eigenvalue weighted by Crippen LogP contribution is 2.69. The van der Waals surface area contributed by atoms with Crippen molar-refractivity contribution in [3.63, 3.8) is 0 Å². The summed E-state index contributed by atoms with van der Waals surface area (Å²) in [6, 6.07) is 11.5. The van der Waals surface area contributed by atoms with Gasteiger partial charge in [-0.25, -0.2) is 18.7 Å². The monoisotopic (exact) mass is 1030 g/mol. The van der Waals surface area contributed by atoms with Gasteiger partial charge in [0.05, 0.1) is 19.8 Å². The number of aromatic nitrogens is 2. The molecule has 1 amide bonds. The number of hydrogen-bond donors (Lipinski definition) is 5. The highest BCUT2D eigenvalue weighted by atomic mass is 31.3. The second-order valence-corrected chi connectivity index (χ2v) is 21.1. The van der Waals surface area contributed by atoms with Gasteiger partial charge in [-0.2, -0.15) is 8.62 Å². The molecule has 6 N–H and O–H groups in total. The molecule has 0 aliphatic carbocycles. The number of nitrogens with zero attached hydrogens (tertiary/aromatic N) is 2. The first-order chi connectivity index (χ1) is 32.8. The summed E-state index contributed by atoms with van der Waals surface area (Å²) in [5, 5.41) is 21.1. The van der Waals surface area contributed by atoms with Gasteiger partial charge in [-0.3, -0.25) is 37.3 Å². The van der Waals surface area contributed by atoms with E-state index in [4.69, 9.17) is 37.8 Å². The van der Waals surface area contributed by atoms with E-state index in [1.807, 2.05) is 0 Å². The molecule has 0 radical (unpaired) electrons. The minimum absolute atomic E-state index is 0.213. The molecular weight excluding hydrogens is 967 g/mol. The average molecular weight is 1030 g/mol. The van der Waals surface area contributed by atoms with Gasteiger partial charge in [-0.15, -0.1) is 0 Å². The van der Waals surface area contributed by atoms with Crippen LogP contribution in [0.2, 0.25) is 0 Å². The zero-order valence-corrected chi connectivity index (χ0v) is 41.4. The second-order valence-electron chi connectivity index (χ2n) is 16.3. The Balaban J connectivity index is 1.38. The zero-order valence-electron chi connectivity index (χ0n) is 38.7. The maximum absolute atomic E-state index is 14.0. The Kier molecular flexibility index (Phi) is 24.0. The van der Waals surface area contributed by atoms with Crippen molar-refractivity contribution in [1.29, 1.82) is 0 Å². The molecule has 1 aliphatic heterocycles. The van der Waals surface area contributed by atoms with Crippen molar-refractivity contribution in [1.82, 2.24) is 9.55 Å². The number of nitrogens with two attached hydrogens (primary N) is 1. The number of amides is 1. The van der Waals surface area contributed by atoms with Crippen LogP contribution in [-0.2, 0) is 63.4 Å². The van der Waals surface area contributed by atoms with Crippen LogP contribution in [0.5, 0.6) is 11.5 Å². The van der Waals surface area contributed by atoms with E-state index in [0.29, 0.717) is 17.4 Å². The van der Waals surface area contributed by atoms with Crippen LogP contribution in [0.25, 0.3) is 0 Å². The Hall–Kier alpha value is -3.98. The largest absolute Gasteiger partial charge is 0.490 e. The standard InChI is InChI=1S/C44H64N3O19P3/c1-3-5-7-9-11-13-15-17-37(48)62-34-23-19-32(20-24-34)29-60-69(58,61-30-33-21-25-35(26-22-33)63-38(49)18-16-14-12-10-8-6-4-2)66-68(56,57)65-67(54,55)59-31-36-40(50)41(51)44(64-36)47-28-27-46-39(42(45)52)43(47)53/h19-28,36,40-41,44,50-51H,3-18,29-31H2,1-2H3,(H2,45,52)(H,54,55)(H,56,57)/t36-,40-,41-,44-/m1/s1. The first-order valence-electron chi connectivity index (χ1n) is 22.9. The fraction of sp³-hybridized carbons (Fsp3) is 0.568. The second kappa shape index (κ2) is 28.8. The van der Waals surface area contributed by atoms with Crippen LogP contribution >= 0.6 is 23.5 Å². The summed E-state index contributed by atoms with van der Waals surface area (Å²) in [4.78, 5) is 73.7. The lowest BCUT2D eigenvalue weighted by Crippen LogP contribution is -2.38. The summed E-state index contributed by atoms with van der Waals surface area (Å²) in [5.74, 6) is -1.61. The molecule has 384 valence electrons. The predicted octanol–water partition coefficient (Wildman–Crippen LogP) is 7.85. The summed E-state index contributed by atoms with van der Waals surface area (Å²) in [6.07, 6.45) is 9.77. The number of hydrogen-bond acceptors (Lipinski definition) is 18. The molecular formula is C44H64N3O19P3. The number of rotatable bonds is 33. The first kappa shape index (κ1) is 57.6. The Morgan fingerprint density at radius 2 is 1.13 bits per heavy atom. The van der Waals surface area contributed by atoms with Crippen molar-refractivity contribution in [2.24, 2.45) is 5.73 Å². The summed E-state index contributed by atoms with van der Waals surface area (Å²) in [5.41, 5.74) is 3.93. The van der Waals surface area contributed by atoms with Crippen LogP contribution in [0.4, 0.5) is 0 Å². The molecule has 1 aliphatic rings. The van der Waals surface area contributed by atoms with Gasteiger partial charge in [0.25, 0.3) is 11.5 Å². The lowest BCUT2D eigenvalue weighted by atomic mass is 10.1. The maximum Gasteiger partial charge on any atom is 0.490 e. The number of unbranched alkanes of at least 4 members (excludes halogenated alkanes) is 12. The van der Waals surface area contributed by atoms with E-state index >= 15 is 0 Å². The number of aliphatic hydroxyl groups excluding tert-OH is 2. The maximum atomic E-state index is 14.0. The third kappa shape index (κ3) is 20.3. The number of ether oxygens (including phenoxy) is 3. The third-order valence-electron chi connectivity index (χ3n) is 10.6. The highest BCUT2D eigenvalue weighted by molar-refractivity contribution is 7.67. The van der Waals surface area contributed by atoms with Gasteiger partial charge in [0.15, 0.2) is 11.9 Å². The van der Waals surface area contributed by atoms with Crippen LogP contribution in [0.3, 0.4) is 0 Å². The van der Waals surface area contributed by atoms with Gasteiger partial charge < -0.3 is 39.9 Å². The van der Waals surface area contributed by atoms with Gasteiger partial charge in [-0.05, 0) is 48.2 Å². The van der Waals surface area contributed by atoms with Gasteiger partial charge in [0.2, 0.25) is 0 Å². The summed E-state index contributed by atoms with van der Waals surface area (Å²) in [7, 11) is -16.9. The number of benzene rings is 2. The van der Waals surface area contributed by atoms with Gasteiger partial charge in [-0.1, -0.05) is 115 Å². The molecule has 69 heavy (non-hydrogen) atoms. The molecule has 4 rings (SSSR count). The van der Waals surface area contributed by atoms with Crippen LogP contribution in [0.15, 0.2) is 65.7 Å². The number of primary amides is 1. The van der Waals surface area contributed by atoms with E-state index in [9.17, 15) is 52.9 Å². The van der Waals surface area contributed by atoms with Crippen molar-refractivity contribution >= 4 is 41.3 Å². The average Bonchev–Trinajstić information content (AvgIpc) is 3.58. The molecule has 22 nitrogen and oxygen atoms in total. The lowest BCUT2D eigenvalue weighted by molar-refractivity contribution is -0.135. The quantitative estimate of drug-likeness (QED) is 0.0168. The van der Waals surface area contributed by atoms with Crippen LogP contribution in [0, 0.1) is 0 Å². The molecule has 0 spiro atoms. The number of carbonyl (C=O) groups excluding carboxylic acids is 3. The molecule has 1 saturated heterocycles. The van der Waals surface area contributed by atoms with Crippen molar-refractivity contribution in [2.75, 3.05) is 6.61 Å². The summed E-state index contributed by atoms with van der Waals surface area (Å²) >= 11 is 0. The lowest BCUT2D eigenvalue weighted by Gasteiger charge is -2.22. The van der Waals surface area contributed by atoms with Crippen LogP contribution < -0.4 is 20.8 Å². The molecule has 1 fully saturated rings. The minimum atomic E-state index is -5.95. The molecule has 0 bridgehead atoms. The Labute approximate surface area is 400 Å². The molecule has 6 atom stereocenters. The fourth-order valence-corrected chi connectivity index (χ4v) is 10.9. The predicted molar refractivity (Wildman–Crippen MR) is 247 cm³/mol. The SMILES string of the molecule is CCCCCCCCCC(=O)Oc1ccc(COP(=O)(OCc2ccc(OC(=O)CCCCCCCCC)cc2)OP(=O)(O)OP(=O)(O)OC[C@H]2O[C@@H](n3ccnc(C(N)=O)c3=O)[C@H](O)[C@@H]2O)cc1. The Bertz CT molecular complexity index is 2220. The van der Waals surface area contributed by atoms with E-state index < -0.39 is 96.9 Å². The van der Waals surface area contributed by atoms with Crippen molar-refractivity contribution < 1.29 is 84.5 Å². The number of phosphoric acid groups is 3.